The first-order valence-electron chi connectivity index (χ1n) is 4.88. The summed E-state index contributed by atoms with van der Waals surface area (Å²) in [4.78, 5) is 0. The monoisotopic (exact) mass is 192 g/mol. The Hall–Kier alpha value is 0.190. The van der Waals surface area contributed by atoms with Crippen LogP contribution in [-0.2, 0) is 9.09 Å². The molecule has 0 spiro atoms. The van der Waals surface area contributed by atoms with Gasteiger partial charge in [0, 0.05) is 13.3 Å². The molecule has 0 N–H and O–H groups in total. The second-order valence-corrected chi connectivity index (χ2v) is 4.75. The first-order valence-corrected chi connectivity index (χ1v) is 6.40. The minimum atomic E-state index is -1.67. The molecule has 0 aliphatic rings. The summed E-state index contributed by atoms with van der Waals surface area (Å²) in [5.74, 6) is 0. The van der Waals surface area contributed by atoms with Gasteiger partial charge in [-0.1, -0.05) is 39.0 Å². The van der Waals surface area contributed by atoms with Crippen molar-refractivity contribution in [1.82, 2.24) is 0 Å². The van der Waals surface area contributed by atoms with Crippen molar-refractivity contribution in [2.75, 3.05) is 13.3 Å². The van der Waals surface area contributed by atoms with E-state index in [2.05, 4.69) is 6.92 Å². The van der Waals surface area contributed by atoms with Gasteiger partial charge in [-0.25, -0.2) is 0 Å². The number of hydrogen-bond donors (Lipinski definition) is 0. The van der Waals surface area contributed by atoms with E-state index in [1.165, 1.54) is 39.2 Å². The topological polar surface area (TPSA) is 26.3 Å². The summed E-state index contributed by atoms with van der Waals surface area (Å²) in [6.45, 7) is 2.21. The van der Waals surface area contributed by atoms with E-state index in [9.17, 15) is 4.57 Å². The molecule has 0 aliphatic heterocycles. The maximum atomic E-state index is 10.9. The van der Waals surface area contributed by atoms with Gasteiger partial charge < -0.3 is 4.52 Å². The highest BCUT2D eigenvalue weighted by Crippen LogP contribution is 2.22. The van der Waals surface area contributed by atoms with Crippen LogP contribution in [0, 0.1) is 0 Å². The average Bonchev–Trinajstić information content (AvgIpc) is 2.10. The minimum Gasteiger partial charge on any atom is -0.334 e. The Morgan fingerprint density at radius 3 is 2.25 bits per heavy atom. The molecular weight excluding hydrogens is 171 g/mol. The van der Waals surface area contributed by atoms with E-state index in [0.717, 1.165) is 12.6 Å². The standard InChI is InChI=1S/C9H21O2P/c1-3-4-5-6-7-8-9-12(10)11-2/h12H,3-9H2,1-2H3. The van der Waals surface area contributed by atoms with Crippen LogP contribution in [-0.4, -0.2) is 13.3 Å². The van der Waals surface area contributed by atoms with Crippen molar-refractivity contribution in [3.05, 3.63) is 0 Å². The molecule has 0 aromatic rings. The highest BCUT2D eigenvalue weighted by atomic mass is 31.1. The van der Waals surface area contributed by atoms with Gasteiger partial charge in [0.2, 0.25) is 0 Å². The second-order valence-electron chi connectivity index (χ2n) is 3.09. The number of rotatable bonds is 8. The highest BCUT2D eigenvalue weighted by molar-refractivity contribution is 7.39. The highest BCUT2D eigenvalue weighted by Gasteiger charge is 1.95. The average molecular weight is 192 g/mol. The van der Waals surface area contributed by atoms with Crippen LogP contribution in [0.4, 0.5) is 0 Å². The Morgan fingerprint density at radius 1 is 1.08 bits per heavy atom. The lowest BCUT2D eigenvalue weighted by molar-refractivity contribution is 0.413. The van der Waals surface area contributed by atoms with Crippen molar-refractivity contribution in [2.24, 2.45) is 0 Å². The van der Waals surface area contributed by atoms with Crippen molar-refractivity contribution in [2.45, 2.75) is 45.4 Å². The molecule has 0 aromatic carbocycles. The fraction of sp³-hybridized carbons (Fsp3) is 1.00. The summed E-state index contributed by atoms with van der Waals surface area (Å²) in [6.07, 6.45) is 8.27. The lowest BCUT2D eigenvalue weighted by Crippen LogP contribution is -1.82. The van der Waals surface area contributed by atoms with Gasteiger partial charge in [-0.3, -0.25) is 4.57 Å². The van der Waals surface area contributed by atoms with Gasteiger partial charge in [0.1, 0.15) is 0 Å². The maximum absolute atomic E-state index is 10.9. The van der Waals surface area contributed by atoms with Gasteiger partial charge >= 0.3 is 0 Å². The molecule has 3 heteroatoms. The largest absolute Gasteiger partial charge is 0.334 e. The number of unbranched alkanes of at least 4 members (excludes halogenated alkanes) is 5. The van der Waals surface area contributed by atoms with E-state index >= 15 is 0 Å². The molecule has 1 atom stereocenters. The van der Waals surface area contributed by atoms with E-state index in [4.69, 9.17) is 4.52 Å². The van der Waals surface area contributed by atoms with Gasteiger partial charge in [-0.2, -0.15) is 0 Å². The van der Waals surface area contributed by atoms with Crippen molar-refractivity contribution in [3.8, 4) is 0 Å². The SMILES string of the molecule is CCCCCCCC[PH](=O)OC. The molecule has 0 saturated carbocycles. The summed E-state index contributed by atoms with van der Waals surface area (Å²) in [7, 11) is -0.145. The summed E-state index contributed by atoms with van der Waals surface area (Å²) in [6, 6.07) is 0. The number of hydrogen-bond acceptors (Lipinski definition) is 2. The molecular formula is C9H21O2P. The van der Waals surface area contributed by atoms with E-state index in [1.54, 1.807) is 0 Å². The molecule has 0 bridgehead atoms. The van der Waals surface area contributed by atoms with Gasteiger partial charge in [0.15, 0.2) is 8.03 Å². The van der Waals surface area contributed by atoms with Crippen LogP contribution >= 0.6 is 8.03 Å². The molecule has 0 rings (SSSR count). The fourth-order valence-electron chi connectivity index (χ4n) is 1.15. The van der Waals surface area contributed by atoms with Gasteiger partial charge in [0.05, 0.1) is 0 Å². The molecule has 12 heavy (non-hydrogen) atoms. The van der Waals surface area contributed by atoms with Gasteiger partial charge in [-0.05, 0) is 6.42 Å². The van der Waals surface area contributed by atoms with Crippen LogP contribution in [0.3, 0.4) is 0 Å². The minimum absolute atomic E-state index is 0.771. The predicted molar refractivity (Wildman–Crippen MR) is 54.3 cm³/mol. The zero-order chi connectivity index (χ0) is 9.23. The van der Waals surface area contributed by atoms with Crippen molar-refractivity contribution < 1.29 is 9.09 Å². The Kier molecular flexibility index (Phi) is 9.43. The Labute approximate surface area is 76.6 Å². The first-order chi connectivity index (χ1) is 5.81. The molecule has 0 aliphatic carbocycles. The predicted octanol–water partition coefficient (Wildman–Crippen LogP) is 3.47. The summed E-state index contributed by atoms with van der Waals surface area (Å²) in [5, 5.41) is 0. The maximum Gasteiger partial charge on any atom is 0.191 e. The molecule has 0 heterocycles. The third-order valence-electron chi connectivity index (χ3n) is 1.96. The molecule has 1 unspecified atom stereocenters. The van der Waals surface area contributed by atoms with Crippen molar-refractivity contribution >= 4 is 8.03 Å². The third kappa shape index (κ3) is 8.29. The lowest BCUT2D eigenvalue weighted by atomic mass is 10.1. The van der Waals surface area contributed by atoms with Crippen LogP contribution in [0.25, 0.3) is 0 Å². The smallest absolute Gasteiger partial charge is 0.191 e. The summed E-state index contributed by atoms with van der Waals surface area (Å²) in [5.41, 5.74) is 0. The Bertz CT molecular complexity index is 115. The van der Waals surface area contributed by atoms with E-state index < -0.39 is 8.03 Å². The second kappa shape index (κ2) is 9.28. The van der Waals surface area contributed by atoms with Crippen LogP contribution < -0.4 is 0 Å². The molecule has 0 fully saturated rings. The van der Waals surface area contributed by atoms with Gasteiger partial charge in [0.25, 0.3) is 0 Å². The van der Waals surface area contributed by atoms with Crippen LogP contribution in [0.15, 0.2) is 0 Å². The van der Waals surface area contributed by atoms with Crippen LogP contribution in [0.5, 0.6) is 0 Å². The van der Waals surface area contributed by atoms with E-state index in [1.807, 2.05) is 0 Å². The molecule has 2 nitrogen and oxygen atoms in total. The van der Waals surface area contributed by atoms with E-state index in [-0.39, 0.29) is 0 Å². The Morgan fingerprint density at radius 2 is 1.67 bits per heavy atom. The summed E-state index contributed by atoms with van der Waals surface area (Å²) < 4.78 is 15.6. The zero-order valence-corrected chi connectivity index (χ0v) is 9.27. The molecule has 74 valence electrons. The quantitative estimate of drug-likeness (QED) is 0.435. The van der Waals surface area contributed by atoms with Crippen molar-refractivity contribution in [1.29, 1.82) is 0 Å². The molecule has 0 aromatic heterocycles. The normalized spacial score (nSPS) is 13.2. The van der Waals surface area contributed by atoms with Crippen LogP contribution in [0.1, 0.15) is 45.4 Å². The molecule has 0 radical (unpaired) electrons. The van der Waals surface area contributed by atoms with Crippen LogP contribution in [0.2, 0.25) is 0 Å². The lowest BCUT2D eigenvalue weighted by Gasteiger charge is -1.99. The fourth-order valence-corrected chi connectivity index (χ4v) is 1.89. The van der Waals surface area contributed by atoms with E-state index in [0.29, 0.717) is 0 Å². The first kappa shape index (κ1) is 12.2. The molecule has 0 saturated heterocycles. The Balaban J connectivity index is 2.95. The van der Waals surface area contributed by atoms with Crippen molar-refractivity contribution in [3.63, 3.8) is 0 Å². The molecule has 0 amide bonds. The van der Waals surface area contributed by atoms with Gasteiger partial charge in [-0.15, -0.1) is 0 Å². The zero-order valence-electron chi connectivity index (χ0n) is 8.27. The summed E-state index contributed by atoms with van der Waals surface area (Å²) >= 11 is 0. The third-order valence-corrected chi connectivity index (χ3v) is 3.18.